The molecule has 2 saturated carbocycles. The van der Waals surface area contributed by atoms with Gasteiger partial charge in [-0.05, 0) is 63.5 Å². The average molecular weight is 602 g/mol. The smallest absolute Gasteiger partial charge is 0.246 e. The zero-order valence-electron chi connectivity index (χ0n) is 23.7. The Morgan fingerprint density at radius 2 is 1.79 bits per heavy atom. The predicted octanol–water partition coefficient (Wildman–Crippen LogP) is 2.90. The van der Waals surface area contributed by atoms with Gasteiger partial charge in [-0.2, -0.15) is 22.2 Å². The molecule has 2 amide bonds. The van der Waals surface area contributed by atoms with Gasteiger partial charge in [0.05, 0.1) is 30.8 Å². The van der Waals surface area contributed by atoms with Crippen LogP contribution in [0.3, 0.4) is 0 Å². The van der Waals surface area contributed by atoms with Gasteiger partial charge in [-0.25, -0.2) is 0 Å². The van der Waals surface area contributed by atoms with Crippen molar-refractivity contribution >= 4 is 68.0 Å². The molecule has 0 aromatic carbocycles. The van der Waals surface area contributed by atoms with Crippen molar-refractivity contribution in [3.63, 3.8) is 0 Å². The van der Waals surface area contributed by atoms with Crippen LogP contribution in [0.2, 0.25) is 0 Å². The predicted molar refractivity (Wildman–Crippen MR) is 176 cm³/mol. The summed E-state index contributed by atoms with van der Waals surface area (Å²) >= 11 is 1.92. The Balaban J connectivity index is 1.55. The van der Waals surface area contributed by atoms with Crippen molar-refractivity contribution < 1.29 is 9.59 Å². The fourth-order valence-corrected chi connectivity index (χ4v) is 9.25. The third kappa shape index (κ3) is 11.7. The van der Waals surface area contributed by atoms with Crippen molar-refractivity contribution in [2.24, 2.45) is 28.1 Å². The standard InChI is InChI=1S/C27H51N7O2S3/c1-38(2)34(27(36)18-29)22-11-13-24(22)39(3)19-33-25(31)9-7-5-4-6-8-21(30)16-20-10-12-23(20)37-15-14-32-26(35)17-28/h20,22-24,30H,1,3-19,28-29H2,2H3,(H2,31,33)(H,32,35). The van der Waals surface area contributed by atoms with Gasteiger partial charge < -0.3 is 27.9 Å². The molecule has 39 heavy (non-hydrogen) atoms. The fourth-order valence-electron chi connectivity index (χ4n) is 5.01. The van der Waals surface area contributed by atoms with Crippen molar-refractivity contribution in [3.05, 3.63) is 0 Å². The van der Waals surface area contributed by atoms with E-state index in [-0.39, 0.29) is 52.1 Å². The Labute approximate surface area is 244 Å². The van der Waals surface area contributed by atoms with Crippen LogP contribution in [0.5, 0.6) is 0 Å². The molecule has 2 aliphatic carbocycles. The maximum absolute atomic E-state index is 12.3. The van der Waals surface area contributed by atoms with Crippen LogP contribution in [-0.2, 0) is 9.59 Å². The number of nitrogens with two attached hydrogens (primary N) is 3. The maximum Gasteiger partial charge on any atom is 0.246 e. The lowest BCUT2D eigenvalue weighted by atomic mass is 9.80. The lowest BCUT2D eigenvalue weighted by molar-refractivity contribution is -0.127. The van der Waals surface area contributed by atoms with E-state index < -0.39 is 0 Å². The van der Waals surface area contributed by atoms with Crippen molar-refractivity contribution in [3.8, 4) is 0 Å². The van der Waals surface area contributed by atoms with E-state index in [4.69, 9.17) is 22.6 Å². The third-order valence-electron chi connectivity index (χ3n) is 7.55. The van der Waals surface area contributed by atoms with Gasteiger partial charge in [0, 0.05) is 34.9 Å². The van der Waals surface area contributed by atoms with Crippen molar-refractivity contribution in [2.45, 2.75) is 87.2 Å². The molecule has 224 valence electrons. The number of amidine groups is 1. The number of thioether (sulfide) groups is 1. The molecule has 0 radical (unpaired) electrons. The first-order valence-electron chi connectivity index (χ1n) is 14.1. The van der Waals surface area contributed by atoms with E-state index in [0.29, 0.717) is 34.7 Å². The van der Waals surface area contributed by atoms with E-state index >= 15 is 0 Å². The summed E-state index contributed by atoms with van der Waals surface area (Å²) in [6.45, 7) is 0.733. The van der Waals surface area contributed by atoms with Gasteiger partial charge in [-0.1, -0.05) is 24.6 Å². The van der Waals surface area contributed by atoms with Crippen molar-refractivity contribution in [1.29, 1.82) is 5.41 Å². The van der Waals surface area contributed by atoms with Gasteiger partial charge in [0.2, 0.25) is 11.8 Å². The Morgan fingerprint density at radius 3 is 2.36 bits per heavy atom. The molecule has 0 spiro atoms. The molecule has 9 nitrogen and oxygen atoms in total. The number of hydrogen-bond donors (Lipinski definition) is 5. The van der Waals surface area contributed by atoms with Gasteiger partial charge in [0.1, 0.15) is 0 Å². The van der Waals surface area contributed by atoms with Gasteiger partial charge in [0.25, 0.3) is 0 Å². The van der Waals surface area contributed by atoms with Gasteiger partial charge in [0.15, 0.2) is 0 Å². The fraction of sp³-hybridized carbons (Fsp3) is 0.778. The summed E-state index contributed by atoms with van der Waals surface area (Å²) in [5.74, 6) is 11.1. The monoisotopic (exact) mass is 601 g/mol. The van der Waals surface area contributed by atoms with Crippen molar-refractivity contribution in [2.75, 3.05) is 37.5 Å². The zero-order chi connectivity index (χ0) is 28.8. The van der Waals surface area contributed by atoms with E-state index in [1.54, 1.807) is 0 Å². The van der Waals surface area contributed by atoms with Crippen LogP contribution < -0.4 is 22.5 Å². The van der Waals surface area contributed by atoms with Crippen LogP contribution in [0.1, 0.15) is 70.6 Å². The third-order valence-corrected chi connectivity index (χ3v) is 12.1. The summed E-state index contributed by atoms with van der Waals surface area (Å²) in [5.41, 5.74) is 18.0. The van der Waals surface area contributed by atoms with Gasteiger partial charge >= 0.3 is 0 Å². The number of unbranched alkanes of at least 4 members (excludes halogenated alkanes) is 3. The van der Waals surface area contributed by atoms with E-state index in [9.17, 15) is 9.59 Å². The van der Waals surface area contributed by atoms with E-state index in [1.807, 2.05) is 22.3 Å². The molecular formula is C27H51N7O2S3. The highest BCUT2D eigenvalue weighted by atomic mass is 32.2. The maximum atomic E-state index is 12.3. The molecule has 6 atom stereocenters. The minimum absolute atomic E-state index is 0.0204. The zero-order valence-corrected chi connectivity index (χ0v) is 26.2. The van der Waals surface area contributed by atoms with Crippen LogP contribution in [0.15, 0.2) is 4.99 Å². The molecule has 6 unspecified atom stereocenters. The van der Waals surface area contributed by atoms with E-state index in [1.165, 1.54) is 12.8 Å². The summed E-state index contributed by atoms with van der Waals surface area (Å²) in [4.78, 5) is 28.1. The minimum Gasteiger partial charge on any atom is -0.387 e. The second-order valence-corrected chi connectivity index (χ2v) is 15.4. The van der Waals surface area contributed by atoms with Crippen LogP contribution in [0, 0.1) is 11.3 Å². The van der Waals surface area contributed by atoms with E-state index in [2.05, 4.69) is 22.0 Å². The first-order chi connectivity index (χ1) is 18.7. The first-order valence-corrected chi connectivity index (χ1v) is 18.5. The number of aliphatic imine (C=N–C) groups is 1. The Bertz CT molecular complexity index is 899. The molecule has 0 aromatic rings. The van der Waals surface area contributed by atoms with Gasteiger partial charge in [-0.3, -0.25) is 18.9 Å². The van der Waals surface area contributed by atoms with Crippen molar-refractivity contribution in [1.82, 2.24) is 9.62 Å². The quantitative estimate of drug-likeness (QED) is 0.0623. The second-order valence-electron chi connectivity index (χ2n) is 10.5. The topological polar surface area (TPSA) is 164 Å². The van der Waals surface area contributed by atoms with Crippen LogP contribution in [0.25, 0.3) is 0 Å². The highest BCUT2D eigenvalue weighted by Crippen LogP contribution is 2.42. The SMILES string of the molecule is C=S(CN=C(N)CCCCCCC(=N)CC1CCC1SCCNC(=O)CN)C1CCC1N(C(=O)CN)S(=C)C. The number of amides is 2. The average Bonchev–Trinajstić information content (AvgIpc) is 2.88. The number of hydrogen-bond acceptors (Lipinski definition) is 7. The molecule has 8 N–H and O–H groups in total. The first kappa shape index (κ1) is 34.0. The van der Waals surface area contributed by atoms with Crippen LogP contribution >= 0.6 is 32.9 Å². The summed E-state index contributed by atoms with van der Waals surface area (Å²) in [6, 6.07) is 0.174. The molecule has 12 heteroatoms. The molecule has 0 bridgehead atoms. The number of rotatable bonds is 20. The number of nitrogens with one attached hydrogen (secondary N) is 2. The Kier molecular flexibility index (Phi) is 15.9. The van der Waals surface area contributed by atoms with E-state index in [0.717, 1.165) is 69.3 Å². The molecule has 0 saturated heterocycles. The summed E-state index contributed by atoms with van der Waals surface area (Å²) in [6.07, 6.45) is 13.3. The van der Waals surface area contributed by atoms with Crippen LogP contribution in [-0.4, -0.2) is 93.5 Å². The molecule has 0 aliphatic heterocycles. The minimum atomic E-state index is -0.388. The van der Waals surface area contributed by atoms with Gasteiger partial charge in [-0.15, -0.1) is 10.7 Å². The summed E-state index contributed by atoms with van der Waals surface area (Å²) < 4.78 is 1.86. The molecule has 2 fully saturated rings. The summed E-state index contributed by atoms with van der Waals surface area (Å²) in [7, 11) is -0.568. The Hall–Kier alpha value is -1.21. The Morgan fingerprint density at radius 1 is 1.08 bits per heavy atom. The second kappa shape index (κ2) is 18.3. The molecule has 2 rings (SSSR count). The highest BCUT2D eigenvalue weighted by Gasteiger charge is 2.39. The molecule has 0 aromatic heterocycles. The molecule has 0 heterocycles. The lowest BCUT2D eigenvalue weighted by Gasteiger charge is -2.45. The summed E-state index contributed by atoms with van der Waals surface area (Å²) in [5, 5.41) is 12.2. The molecular weight excluding hydrogens is 551 g/mol. The molecule has 2 aliphatic rings. The lowest BCUT2D eigenvalue weighted by Crippen LogP contribution is -2.51. The normalized spacial score (nSPS) is 24.2. The number of nitrogens with zero attached hydrogens (tertiary/aromatic N) is 2. The number of carbonyl (C=O) groups is 2. The van der Waals surface area contributed by atoms with Crippen LogP contribution in [0.4, 0.5) is 0 Å². The number of carbonyl (C=O) groups excluding carboxylic acids is 2. The largest absolute Gasteiger partial charge is 0.387 e. The highest BCUT2D eigenvalue weighted by molar-refractivity contribution is 8.14.